The van der Waals surface area contributed by atoms with Gasteiger partial charge >= 0.3 is 0 Å². The van der Waals surface area contributed by atoms with Crippen molar-refractivity contribution >= 4 is 0 Å². The van der Waals surface area contributed by atoms with Gasteiger partial charge in [0, 0.05) is 6.61 Å². The summed E-state index contributed by atoms with van der Waals surface area (Å²) in [5.74, 6) is 0.253. The smallest absolute Gasteiger partial charge is 0.123 e. The maximum Gasteiger partial charge on any atom is 0.123 e. The lowest BCUT2D eigenvalue weighted by Crippen LogP contribution is -2.30. The second kappa shape index (κ2) is 14.8. The molecule has 0 heterocycles. The van der Waals surface area contributed by atoms with Gasteiger partial charge in [-0.25, -0.2) is 4.39 Å². The molecule has 0 aliphatic carbocycles. The van der Waals surface area contributed by atoms with E-state index in [0.29, 0.717) is 25.2 Å². The quantitative estimate of drug-likeness (QED) is 0.379. The molecule has 0 saturated carbocycles. The van der Waals surface area contributed by atoms with E-state index >= 15 is 0 Å². The normalized spacial score (nSPS) is 14.7. The Morgan fingerprint density at radius 3 is 2.04 bits per heavy atom. The number of unbranched alkanes of at least 4 members (excludes halogenated alkanes) is 5. The van der Waals surface area contributed by atoms with Crippen molar-refractivity contribution in [2.75, 3.05) is 19.8 Å². The fraction of sp³-hybridized carbons (Fsp3) is 0.714. The van der Waals surface area contributed by atoms with Crippen molar-refractivity contribution in [2.45, 2.75) is 76.6 Å². The summed E-state index contributed by atoms with van der Waals surface area (Å²) < 4.78 is 23.3. The summed E-state index contributed by atoms with van der Waals surface area (Å²) in [7, 11) is 0. The largest absolute Gasteiger partial charge is 0.491 e. The molecule has 0 fully saturated rings. The van der Waals surface area contributed by atoms with Crippen LogP contribution in [0.2, 0.25) is 0 Å². The molecule has 0 aliphatic rings. The Labute approximate surface area is 162 Å². The summed E-state index contributed by atoms with van der Waals surface area (Å²) in [6, 6.07) is 5.77. The van der Waals surface area contributed by atoms with Crippen molar-refractivity contribution in [3.8, 4) is 5.75 Å². The summed E-state index contributed by atoms with van der Waals surface area (Å²) in [6.07, 6.45) is 5.30. The predicted molar refractivity (Wildman–Crippen MR) is 103 cm³/mol. The van der Waals surface area contributed by atoms with Gasteiger partial charge in [0.2, 0.25) is 0 Å². The molecule has 0 bridgehead atoms. The lowest BCUT2D eigenvalue weighted by Gasteiger charge is -2.17. The third-order valence-corrected chi connectivity index (χ3v) is 4.48. The lowest BCUT2D eigenvalue weighted by atomic mass is 10.0. The van der Waals surface area contributed by atoms with Crippen LogP contribution in [0.1, 0.15) is 58.3 Å². The molecule has 0 aromatic heterocycles. The highest BCUT2D eigenvalue weighted by molar-refractivity contribution is 5.22. The van der Waals surface area contributed by atoms with Crippen molar-refractivity contribution < 1.29 is 29.2 Å². The van der Waals surface area contributed by atoms with Crippen molar-refractivity contribution in [3.63, 3.8) is 0 Å². The van der Waals surface area contributed by atoms with Gasteiger partial charge in [0.15, 0.2) is 0 Å². The molecule has 5 nitrogen and oxygen atoms in total. The Balaban J connectivity index is 1.93. The van der Waals surface area contributed by atoms with Crippen molar-refractivity contribution in [1.29, 1.82) is 0 Å². The molecule has 0 radical (unpaired) electrons. The third-order valence-electron chi connectivity index (χ3n) is 4.48. The zero-order chi connectivity index (χ0) is 19.9. The van der Waals surface area contributed by atoms with Gasteiger partial charge < -0.3 is 24.8 Å². The number of halogens is 1. The summed E-state index contributed by atoms with van der Waals surface area (Å²) in [4.78, 5) is 0. The van der Waals surface area contributed by atoms with Crippen molar-refractivity contribution in [3.05, 3.63) is 30.1 Å². The first-order chi connectivity index (χ1) is 13.0. The zero-order valence-corrected chi connectivity index (χ0v) is 16.4. The first kappa shape index (κ1) is 23.8. The minimum Gasteiger partial charge on any atom is -0.491 e. The van der Waals surface area contributed by atoms with Crippen LogP contribution in [0.15, 0.2) is 24.3 Å². The SMILES string of the molecule is CCOC[C@H](O)[C@H](O)CCCCCCCC[C@H](O)COc1ccc(F)cc1. The van der Waals surface area contributed by atoms with Gasteiger partial charge in [-0.05, 0) is 44.0 Å². The zero-order valence-electron chi connectivity index (χ0n) is 16.4. The Morgan fingerprint density at radius 2 is 1.41 bits per heavy atom. The van der Waals surface area contributed by atoms with Crippen LogP contribution in [0.5, 0.6) is 5.75 Å². The predicted octanol–water partition coefficient (Wildman–Crippen LogP) is 3.44. The van der Waals surface area contributed by atoms with Gasteiger partial charge in [-0.1, -0.05) is 38.5 Å². The highest BCUT2D eigenvalue weighted by Gasteiger charge is 2.15. The van der Waals surface area contributed by atoms with Crippen LogP contribution >= 0.6 is 0 Å². The average molecular weight is 387 g/mol. The molecule has 0 spiro atoms. The van der Waals surface area contributed by atoms with Crippen LogP contribution in [-0.2, 0) is 4.74 Å². The van der Waals surface area contributed by atoms with E-state index in [0.717, 1.165) is 38.5 Å². The molecule has 3 atom stereocenters. The van der Waals surface area contributed by atoms with Gasteiger partial charge in [0.25, 0.3) is 0 Å². The summed E-state index contributed by atoms with van der Waals surface area (Å²) in [6.45, 7) is 2.80. The number of aliphatic hydroxyl groups excluding tert-OH is 3. The number of rotatable bonds is 16. The molecule has 0 amide bonds. The fourth-order valence-electron chi connectivity index (χ4n) is 2.79. The Morgan fingerprint density at radius 1 is 0.815 bits per heavy atom. The Kier molecular flexibility index (Phi) is 13.1. The second-order valence-electron chi connectivity index (χ2n) is 6.91. The molecule has 27 heavy (non-hydrogen) atoms. The first-order valence-corrected chi connectivity index (χ1v) is 10.0. The molecule has 156 valence electrons. The van der Waals surface area contributed by atoms with Gasteiger partial charge in [-0.15, -0.1) is 0 Å². The number of benzene rings is 1. The maximum absolute atomic E-state index is 12.8. The van der Waals surface area contributed by atoms with Crippen LogP contribution < -0.4 is 4.74 Å². The average Bonchev–Trinajstić information content (AvgIpc) is 2.67. The van der Waals surface area contributed by atoms with E-state index in [2.05, 4.69) is 0 Å². The first-order valence-electron chi connectivity index (χ1n) is 10.0. The molecule has 0 unspecified atom stereocenters. The van der Waals surface area contributed by atoms with E-state index in [-0.39, 0.29) is 19.0 Å². The number of ether oxygens (including phenoxy) is 2. The summed E-state index contributed by atoms with van der Waals surface area (Å²) >= 11 is 0. The van der Waals surface area contributed by atoms with E-state index in [1.807, 2.05) is 6.92 Å². The van der Waals surface area contributed by atoms with E-state index in [4.69, 9.17) is 9.47 Å². The van der Waals surface area contributed by atoms with E-state index < -0.39 is 18.3 Å². The lowest BCUT2D eigenvalue weighted by molar-refractivity contribution is -0.0389. The van der Waals surface area contributed by atoms with E-state index in [9.17, 15) is 19.7 Å². The molecule has 0 aliphatic heterocycles. The standard InChI is InChI=1S/C21H35FO5/c1-2-26-16-21(25)20(24)10-8-6-4-3-5-7-9-18(23)15-27-19-13-11-17(22)12-14-19/h11-14,18,20-21,23-25H,2-10,15-16H2,1H3/t18-,20+,21-/m0/s1. The minimum atomic E-state index is -0.802. The van der Waals surface area contributed by atoms with Crippen LogP contribution in [0, 0.1) is 5.82 Å². The van der Waals surface area contributed by atoms with Crippen LogP contribution in [0.25, 0.3) is 0 Å². The fourth-order valence-corrected chi connectivity index (χ4v) is 2.79. The summed E-state index contributed by atoms with van der Waals surface area (Å²) in [5.41, 5.74) is 0. The molecule has 1 aromatic carbocycles. The van der Waals surface area contributed by atoms with E-state index in [1.165, 1.54) is 12.1 Å². The van der Waals surface area contributed by atoms with Crippen LogP contribution in [-0.4, -0.2) is 53.5 Å². The number of aliphatic hydroxyl groups is 3. The van der Waals surface area contributed by atoms with Crippen LogP contribution in [0.4, 0.5) is 4.39 Å². The molecule has 3 N–H and O–H groups in total. The number of hydrogen-bond donors (Lipinski definition) is 3. The molecule has 1 aromatic rings. The van der Waals surface area contributed by atoms with Crippen molar-refractivity contribution in [1.82, 2.24) is 0 Å². The maximum atomic E-state index is 12.8. The molecular formula is C21H35FO5. The topological polar surface area (TPSA) is 79.2 Å². The highest BCUT2D eigenvalue weighted by atomic mass is 19.1. The summed E-state index contributed by atoms with van der Waals surface area (Å²) in [5, 5.41) is 29.4. The Bertz CT molecular complexity index is 468. The van der Waals surface area contributed by atoms with Gasteiger partial charge in [-0.2, -0.15) is 0 Å². The molecular weight excluding hydrogens is 351 g/mol. The molecule has 0 saturated heterocycles. The monoisotopic (exact) mass is 386 g/mol. The second-order valence-corrected chi connectivity index (χ2v) is 6.91. The van der Waals surface area contributed by atoms with E-state index in [1.54, 1.807) is 12.1 Å². The van der Waals surface area contributed by atoms with Gasteiger partial charge in [0.1, 0.15) is 24.3 Å². The van der Waals surface area contributed by atoms with Crippen LogP contribution in [0.3, 0.4) is 0 Å². The third kappa shape index (κ3) is 12.0. The van der Waals surface area contributed by atoms with Gasteiger partial charge in [-0.3, -0.25) is 0 Å². The minimum absolute atomic E-state index is 0.185. The van der Waals surface area contributed by atoms with Gasteiger partial charge in [0.05, 0.1) is 18.8 Å². The number of hydrogen-bond acceptors (Lipinski definition) is 5. The Hall–Kier alpha value is -1.21. The van der Waals surface area contributed by atoms with Crippen molar-refractivity contribution in [2.24, 2.45) is 0 Å². The highest BCUT2D eigenvalue weighted by Crippen LogP contribution is 2.14. The molecule has 1 rings (SSSR count). The molecule has 6 heteroatoms.